The fourth-order valence-corrected chi connectivity index (χ4v) is 2.47. The van der Waals surface area contributed by atoms with Crippen LogP contribution in [0.3, 0.4) is 0 Å². The summed E-state index contributed by atoms with van der Waals surface area (Å²) in [6.07, 6.45) is 2.49. The minimum atomic E-state index is -1.84. The molecule has 0 heterocycles. The van der Waals surface area contributed by atoms with Crippen LogP contribution >= 0.6 is 0 Å². The Morgan fingerprint density at radius 2 is 1.07 bits per heavy atom. The van der Waals surface area contributed by atoms with Gasteiger partial charge in [-0.1, -0.05) is 40.0 Å². The van der Waals surface area contributed by atoms with Gasteiger partial charge in [0.2, 0.25) is 0 Å². The lowest BCUT2D eigenvalue weighted by molar-refractivity contribution is -0.171. The minimum absolute atomic E-state index is 0.0897. The highest BCUT2D eigenvalue weighted by atomic mass is 16.5. The van der Waals surface area contributed by atoms with Crippen LogP contribution in [0.15, 0.2) is 0 Å². The molecule has 28 heavy (non-hydrogen) atoms. The molecule has 0 rings (SSSR count). The van der Waals surface area contributed by atoms with Crippen molar-refractivity contribution in [2.24, 2.45) is 5.41 Å². The number of carbonyl (C=O) groups excluding carboxylic acids is 3. The van der Waals surface area contributed by atoms with E-state index in [0.29, 0.717) is 19.3 Å². The van der Waals surface area contributed by atoms with Crippen molar-refractivity contribution in [1.29, 1.82) is 0 Å². The van der Waals surface area contributed by atoms with Gasteiger partial charge >= 0.3 is 23.9 Å². The van der Waals surface area contributed by atoms with Crippen LogP contribution in [0.2, 0.25) is 0 Å². The number of carbonyl (C=O) groups is 4. The maximum Gasteiger partial charge on any atom is 0.313 e. The van der Waals surface area contributed by atoms with Crippen LogP contribution in [0.5, 0.6) is 0 Å². The van der Waals surface area contributed by atoms with Crippen molar-refractivity contribution in [3.63, 3.8) is 0 Å². The molecular weight excluding hydrogens is 368 g/mol. The number of aliphatic carboxylic acids is 1. The molecule has 0 saturated carbocycles. The van der Waals surface area contributed by atoms with Crippen molar-refractivity contribution >= 4 is 23.9 Å². The van der Waals surface area contributed by atoms with Crippen LogP contribution in [-0.4, -0.2) is 48.8 Å². The van der Waals surface area contributed by atoms with Gasteiger partial charge in [-0.2, -0.15) is 0 Å². The Morgan fingerprint density at radius 1 is 0.679 bits per heavy atom. The summed E-state index contributed by atoms with van der Waals surface area (Å²) in [7, 11) is 0. The van der Waals surface area contributed by atoms with Gasteiger partial charge in [0.25, 0.3) is 0 Å². The number of esters is 3. The number of hydrogen-bond acceptors (Lipinski definition) is 7. The summed E-state index contributed by atoms with van der Waals surface area (Å²) in [6.45, 7) is 6.20. The van der Waals surface area contributed by atoms with E-state index in [1.807, 2.05) is 20.8 Å². The first-order valence-corrected chi connectivity index (χ1v) is 10.0. The SMILES string of the molecule is CCCCOC(=O)CC(CC(=O)O)(CC(=O)OCCCC)C(=O)OCCCC. The molecule has 0 unspecified atom stereocenters. The average Bonchev–Trinajstić information content (AvgIpc) is 2.61. The van der Waals surface area contributed by atoms with Crippen molar-refractivity contribution in [3.05, 3.63) is 0 Å². The molecule has 0 bridgehead atoms. The lowest BCUT2D eigenvalue weighted by Crippen LogP contribution is -2.40. The van der Waals surface area contributed by atoms with Gasteiger partial charge in [0.15, 0.2) is 0 Å². The summed E-state index contributed by atoms with van der Waals surface area (Å²) < 4.78 is 15.4. The third-order valence-corrected chi connectivity index (χ3v) is 4.14. The molecule has 0 aromatic heterocycles. The van der Waals surface area contributed by atoms with Gasteiger partial charge in [-0.25, -0.2) is 0 Å². The molecule has 0 amide bonds. The molecule has 0 aromatic rings. The van der Waals surface area contributed by atoms with Crippen molar-refractivity contribution < 1.29 is 38.5 Å². The van der Waals surface area contributed by atoms with Crippen molar-refractivity contribution in [2.45, 2.75) is 78.6 Å². The molecule has 0 aliphatic carbocycles. The third kappa shape index (κ3) is 10.9. The molecule has 0 fully saturated rings. The van der Waals surface area contributed by atoms with Gasteiger partial charge in [-0.15, -0.1) is 0 Å². The first kappa shape index (κ1) is 25.9. The highest BCUT2D eigenvalue weighted by molar-refractivity contribution is 5.91. The van der Waals surface area contributed by atoms with Crippen molar-refractivity contribution in [2.75, 3.05) is 19.8 Å². The molecule has 8 heteroatoms. The fourth-order valence-electron chi connectivity index (χ4n) is 2.47. The number of ether oxygens (including phenoxy) is 3. The van der Waals surface area contributed by atoms with Crippen LogP contribution < -0.4 is 0 Å². The normalized spacial score (nSPS) is 11.0. The lowest BCUT2D eigenvalue weighted by Gasteiger charge is -2.28. The Bertz CT molecular complexity index is 476. The van der Waals surface area contributed by atoms with E-state index in [1.165, 1.54) is 0 Å². The summed E-state index contributed by atoms with van der Waals surface area (Å²) in [6, 6.07) is 0. The molecule has 0 spiro atoms. The summed E-state index contributed by atoms with van der Waals surface area (Å²) in [5.41, 5.74) is -1.84. The van der Waals surface area contributed by atoms with Crippen LogP contribution in [0.4, 0.5) is 0 Å². The maximum absolute atomic E-state index is 12.7. The van der Waals surface area contributed by atoms with Crippen molar-refractivity contribution in [1.82, 2.24) is 0 Å². The molecule has 0 saturated heterocycles. The zero-order chi connectivity index (χ0) is 21.4. The molecule has 0 aliphatic heterocycles. The van der Waals surface area contributed by atoms with E-state index < -0.39 is 48.6 Å². The van der Waals surface area contributed by atoms with Crippen LogP contribution in [-0.2, 0) is 33.4 Å². The number of unbranched alkanes of at least 4 members (excludes halogenated alkanes) is 3. The highest BCUT2D eigenvalue weighted by Gasteiger charge is 2.47. The van der Waals surface area contributed by atoms with Gasteiger partial charge < -0.3 is 19.3 Å². The molecule has 162 valence electrons. The smallest absolute Gasteiger partial charge is 0.313 e. The molecule has 0 aliphatic rings. The van der Waals surface area contributed by atoms with E-state index in [0.717, 1.165) is 19.3 Å². The van der Waals surface area contributed by atoms with Crippen LogP contribution in [0, 0.1) is 5.41 Å². The fraction of sp³-hybridized carbons (Fsp3) is 0.800. The number of carboxylic acids is 1. The predicted molar refractivity (Wildman–Crippen MR) is 102 cm³/mol. The van der Waals surface area contributed by atoms with Gasteiger partial charge in [-0.3, -0.25) is 19.2 Å². The van der Waals surface area contributed by atoms with Gasteiger partial charge in [0.1, 0.15) is 0 Å². The van der Waals surface area contributed by atoms with Gasteiger partial charge in [-0.05, 0) is 19.3 Å². The van der Waals surface area contributed by atoms with E-state index in [9.17, 15) is 24.3 Å². The summed E-state index contributed by atoms with van der Waals surface area (Å²) in [5, 5.41) is 9.31. The monoisotopic (exact) mass is 402 g/mol. The Labute approximate surface area is 166 Å². The van der Waals surface area contributed by atoms with E-state index in [4.69, 9.17) is 14.2 Å². The number of carboxylic acid groups (broad SMARTS) is 1. The largest absolute Gasteiger partial charge is 0.481 e. The zero-order valence-electron chi connectivity index (χ0n) is 17.3. The standard InChI is InChI=1S/C20H34O8/c1-4-7-10-26-17(23)14-20(13-16(21)22,19(25)28-12-9-6-3)15-18(24)27-11-8-5-2/h4-15H2,1-3H3,(H,21,22). The van der Waals surface area contributed by atoms with Gasteiger partial charge in [0.05, 0.1) is 44.5 Å². The van der Waals surface area contributed by atoms with Crippen molar-refractivity contribution in [3.8, 4) is 0 Å². The molecule has 0 aromatic carbocycles. The van der Waals surface area contributed by atoms with E-state index >= 15 is 0 Å². The molecule has 0 radical (unpaired) electrons. The molecular formula is C20H34O8. The molecule has 0 atom stereocenters. The molecule has 8 nitrogen and oxygen atoms in total. The van der Waals surface area contributed by atoms with Gasteiger partial charge in [0, 0.05) is 0 Å². The van der Waals surface area contributed by atoms with E-state index in [-0.39, 0.29) is 19.8 Å². The second-order valence-corrected chi connectivity index (χ2v) is 6.84. The summed E-state index contributed by atoms with van der Waals surface area (Å²) in [4.78, 5) is 48.6. The Balaban J connectivity index is 5.41. The summed E-state index contributed by atoms with van der Waals surface area (Å²) in [5.74, 6) is -3.66. The topological polar surface area (TPSA) is 116 Å². The quantitative estimate of drug-likeness (QED) is 0.238. The molecule has 1 N–H and O–H groups in total. The second kappa shape index (κ2) is 14.9. The average molecular weight is 402 g/mol. The van der Waals surface area contributed by atoms with Crippen LogP contribution in [0.25, 0.3) is 0 Å². The Morgan fingerprint density at radius 3 is 1.43 bits per heavy atom. The predicted octanol–water partition coefficient (Wildman–Crippen LogP) is 3.26. The Hall–Kier alpha value is -2.12. The number of rotatable bonds is 16. The lowest BCUT2D eigenvalue weighted by atomic mass is 9.78. The number of hydrogen-bond donors (Lipinski definition) is 1. The third-order valence-electron chi connectivity index (χ3n) is 4.14. The van der Waals surface area contributed by atoms with E-state index in [2.05, 4.69) is 0 Å². The first-order chi connectivity index (χ1) is 13.3. The first-order valence-electron chi connectivity index (χ1n) is 10.0. The Kier molecular flexibility index (Phi) is 13.8. The second-order valence-electron chi connectivity index (χ2n) is 6.84. The highest BCUT2D eigenvalue weighted by Crippen LogP contribution is 2.34. The minimum Gasteiger partial charge on any atom is -0.481 e. The summed E-state index contributed by atoms with van der Waals surface area (Å²) >= 11 is 0. The van der Waals surface area contributed by atoms with E-state index in [1.54, 1.807) is 0 Å². The van der Waals surface area contributed by atoms with Crippen LogP contribution in [0.1, 0.15) is 78.6 Å². The maximum atomic E-state index is 12.7. The zero-order valence-corrected chi connectivity index (χ0v) is 17.3.